The van der Waals surface area contributed by atoms with E-state index in [1.54, 1.807) is 13.8 Å². The van der Waals surface area contributed by atoms with Gasteiger partial charge in [-0.2, -0.15) is 0 Å². The first-order valence-corrected chi connectivity index (χ1v) is 6.79. The molecule has 0 aliphatic rings. The van der Waals surface area contributed by atoms with E-state index in [1.165, 1.54) is 0 Å². The zero-order chi connectivity index (χ0) is 11.7. The average molecular weight is 240 g/mol. The minimum Gasteiger partial charge on any atom is -0.367 e. The van der Waals surface area contributed by atoms with Crippen LogP contribution in [-0.2, 0) is 18.1 Å². The number of rotatable bonds is 9. The molecular weight excluding hydrogens is 219 g/mol. The van der Waals surface area contributed by atoms with Crippen molar-refractivity contribution in [1.29, 1.82) is 0 Å². The largest absolute Gasteiger partial charge is 0.477 e. The van der Waals surface area contributed by atoms with Gasteiger partial charge in [0.1, 0.15) is 0 Å². The number of aliphatic hydroxyl groups is 1. The quantitative estimate of drug-likeness (QED) is 0.496. The van der Waals surface area contributed by atoms with Gasteiger partial charge in [0.25, 0.3) is 0 Å². The number of hydrogen-bond acceptors (Lipinski definition) is 5. The smallest absolute Gasteiger partial charge is 0.367 e. The van der Waals surface area contributed by atoms with Crippen LogP contribution >= 0.6 is 7.82 Å². The van der Waals surface area contributed by atoms with Crippen molar-refractivity contribution in [2.24, 2.45) is 0 Å². The Morgan fingerprint density at radius 1 is 1.20 bits per heavy atom. The fourth-order valence-corrected chi connectivity index (χ4v) is 2.23. The average Bonchev–Trinajstić information content (AvgIpc) is 2.15. The first-order valence-electron chi connectivity index (χ1n) is 5.33. The minimum absolute atomic E-state index is 0.220. The minimum atomic E-state index is -3.57. The summed E-state index contributed by atoms with van der Waals surface area (Å²) in [6, 6.07) is 0. The molecule has 5 nitrogen and oxygen atoms in total. The number of phosphoric ester groups is 1. The summed E-state index contributed by atoms with van der Waals surface area (Å²) in [6.07, 6.45) is 1.09. The van der Waals surface area contributed by atoms with Crippen LogP contribution in [0.25, 0.3) is 0 Å². The Labute approximate surface area is 91.3 Å². The van der Waals surface area contributed by atoms with Gasteiger partial charge in [0.2, 0.25) is 0 Å². The molecule has 0 spiro atoms. The van der Waals surface area contributed by atoms with Crippen molar-refractivity contribution in [3.8, 4) is 0 Å². The summed E-state index contributed by atoms with van der Waals surface area (Å²) < 4.78 is 26.4. The molecule has 0 fully saturated rings. The second kappa shape index (κ2) is 8.25. The van der Waals surface area contributed by atoms with E-state index in [-0.39, 0.29) is 13.2 Å². The molecule has 0 aromatic rings. The molecule has 92 valence electrons. The second-order valence-corrected chi connectivity index (χ2v) is 4.61. The lowest BCUT2D eigenvalue weighted by Gasteiger charge is -2.19. The Bertz CT molecular complexity index is 187. The third-order valence-electron chi connectivity index (χ3n) is 1.63. The first-order chi connectivity index (χ1) is 7.08. The van der Waals surface area contributed by atoms with Gasteiger partial charge in [0.15, 0.2) is 6.29 Å². The summed E-state index contributed by atoms with van der Waals surface area (Å²) in [5.74, 6) is 0. The maximum absolute atomic E-state index is 11.8. The highest BCUT2D eigenvalue weighted by Crippen LogP contribution is 2.50. The Balaban J connectivity index is 4.08. The van der Waals surface area contributed by atoms with Crippen molar-refractivity contribution in [2.75, 3.05) is 13.2 Å². The fraction of sp³-hybridized carbons (Fsp3) is 1.00. The Morgan fingerprint density at radius 2 is 1.73 bits per heavy atom. The zero-order valence-electron chi connectivity index (χ0n) is 9.64. The van der Waals surface area contributed by atoms with Gasteiger partial charge in [-0.1, -0.05) is 13.3 Å². The van der Waals surface area contributed by atoms with Gasteiger partial charge in [0, 0.05) is 0 Å². The van der Waals surface area contributed by atoms with E-state index in [4.69, 9.17) is 13.6 Å². The van der Waals surface area contributed by atoms with Crippen LogP contribution in [0.3, 0.4) is 0 Å². The number of hydrogen-bond donors (Lipinski definition) is 1. The van der Waals surface area contributed by atoms with E-state index in [9.17, 15) is 9.67 Å². The molecule has 15 heavy (non-hydrogen) atoms. The summed E-state index contributed by atoms with van der Waals surface area (Å²) >= 11 is 0. The van der Waals surface area contributed by atoms with Crippen LogP contribution in [0.15, 0.2) is 0 Å². The predicted octanol–water partition coefficient (Wildman–Crippen LogP) is 2.69. The van der Waals surface area contributed by atoms with Crippen molar-refractivity contribution < 1.29 is 23.2 Å². The van der Waals surface area contributed by atoms with Gasteiger partial charge in [0.05, 0.1) is 13.2 Å². The molecule has 6 heteroatoms. The number of phosphoric acid groups is 1. The van der Waals surface area contributed by atoms with Gasteiger partial charge in [-0.05, 0) is 26.7 Å². The van der Waals surface area contributed by atoms with E-state index >= 15 is 0 Å². The monoisotopic (exact) mass is 240 g/mol. The second-order valence-electron chi connectivity index (χ2n) is 2.99. The molecule has 0 rings (SSSR count). The fourth-order valence-electron chi connectivity index (χ4n) is 0.995. The Morgan fingerprint density at radius 3 is 2.13 bits per heavy atom. The van der Waals surface area contributed by atoms with Crippen LogP contribution in [0.4, 0.5) is 0 Å². The van der Waals surface area contributed by atoms with Gasteiger partial charge in [-0.3, -0.25) is 13.6 Å². The van der Waals surface area contributed by atoms with Crippen molar-refractivity contribution in [3.63, 3.8) is 0 Å². The molecule has 0 radical (unpaired) electrons. The van der Waals surface area contributed by atoms with Crippen molar-refractivity contribution in [1.82, 2.24) is 0 Å². The van der Waals surface area contributed by atoms with E-state index < -0.39 is 14.1 Å². The van der Waals surface area contributed by atoms with Crippen molar-refractivity contribution in [3.05, 3.63) is 0 Å². The van der Waals surface area contributed by atoms with Crippen molar-refractivity contribution in [2.45, 2.75) is 46.3 Å². The SMILES string of the molecule is CCCCC(O)OP(=O)(OCC)OCC. The van der Waals surface area contributed by atoms with E-state index in [2.05, 4.69) is 0 Å². The molecule has 0 aromatic carbocycles. The summed E-state index contributed by atoms with van der Waals surface area (Å²) in [7, 11) is -3.57. The van der Waals surface area contributed by atoms with Gasteiger partial charge in [-0.15, -0.1) is 0 Å². The number of unbranched alkanes of at least 4 members (excludes halogenated alkanes) is 1. The maximum Gasteiger partial charge on any atom is 0.477 e. The van der Waals surface area contributed by atoms with Crippen LogP contribution in [0.2, 0.25) is 0 Å². The highest BCUT2D eigenvalue weighted by molar-refractivity contribution is 7.48. The topological polar surface area (TPSA) is 65.0 Å². The Kier molecular flexibility index (Phi) is 8.29. The molecule has 0 saturated heterocycles. The highest BCUT2D eigenvalue weighted by Gasteiger charge is 2.28. The van der Waals surface area contributed by atoms with Crippen LogP contribution in [0.1, 0.15) is 40.0 Å². The van der Waals surface area contributed by atoms with Gasteiger partial charge < -0.3 is 5.11 Å². The lowest BCUT2D eigenvalue weighted by atomic mass is 10.2. The third kappa shape index (κ3) is 7.03. The van der Waals surface area contributed by atoms with Gasteiger partial charge >= 0.3 is 7.82 Å². The molecule has 0 aliphatic carbocycles. The van der Waals surface area contributed by atoms with E-state index in [0.717, 1.165) is 12.8 Å². The summed E-state index contributed by atoms with van der Waals surface area (Å²) in [4.78, 5) is 0. The Hall–Kier alpha value is 0.0700. The van der Waals surface area contributed by atoms with Gasteiger partial charge in [-0.25, -0.2) is 4.57 Å². The molecule has 0 aliphatic heterocycles. The van der Waals surface area contributed by atoms with E-state index in [0.29, 0.717) is 6.42 Å². The molecule has 0 heterocycles. The first kappa shape index (κ1) is 15.1. The lowest BCUT2D eigenvalue weighted by Crippen LogP contribution is -2.12. The molecule has 0 bridgehead atoms. The van der Waals surface area contributed by atoms with Crippen LogP contribution in [0, 0.1) is 0 Å². The third-order valence-corrected chi connectivity index (χ3v) is 3.28. The van der Waals surface area contributed by atoms with Crippen LogP contribution in [0.5, 0.6) is 0 Å². The zero-order valence-corrected chi connectivity index (χ0v) is 10.5. The van der Waals surface area contributed by atoms with E-state index in [1.807, 2.05) is 6.92 Å². The summed E-state index contributed by atoms with van der Waals surface area (Å²) in [5, 5.41) is 9.41. The standard InChI is InChI=1S/C9H21O5P/c1-4-7-8-9(10)14-15(11,12-5-2)13-6-3/h9-10H,4-8H2,1-3H3. The van der Waals surface area contributed by atoms with Crippen LogP contribution in [-0.4, -0.2) is 24.6 Å². The number of aliphatic hydroxyl groups excluding tert-OH is 1. The predicted molar refractivity (Wildman–Crippen MR) is 57.5 cm³/mol. The maximum atomic E-state index is 11.8. The molecule has 1 N–H and O–H groups in total. The summed E-state index contributed by atoms with van der Waals surface area (Å²) in [6.45, 7) is 5.81. The van der Waals surface area contributed by atoms with Crippen molar-refractivity contribution >= 4 is 7.82 Å². The molecular formula is C9H21O5P. The normalized spacial score (nSPS) is 14.1. The molecule has 1 unspecified atom stereocenters. The highest BCUT2D eigenvalue weighted by atomic mass is 31.2. The molecule has 0 amide bonds. The lowest BCUT2D eigenvalue weighted by molar-refractivity contribution is -0.0527. The summed E-state index contributed by atoms with van der Waals surface area (Å²) in [5.41, 5.74) is 0. The molecule has 0 saturated carbocycles. The molecule has 1 atom stereocenters. The van der Waals surface area contributed by atoms with Crippen LogP contribution < -0.4 is 0 Å². The molecule has 0 aromatic heterocycles.